The number of carbonyl (C=O) groups is 2. The molecule has 2 amide bonds. The maximum atomic E-state index is 12.9. The Labute approximate surface area is 215 Å². The SMILES string of the molecule is CCOc1cc(/C=C2\SC(=O)N(Cc3cccc(Br)c3)C2=O)cc(Cl)c1OCc1ccccc1. The molecule has 1 saturated heterocycles. The summed E-state index contributed by atoms with van der Waals surface area (Å²) in [5.41, 5.74) is 2.51. The Morgan fingerprint density at radius 2 is 1.76 bits per heavy atom. The van der Waals surface area contributed by atoms with Crippen molar-refractivity contribution >= 4 is 56.5 Å². The van der Waals surface area contributed by atoms with E-state index in [0.29, 0.717) is 40.2 Å². The molecule has 3 aromatic carbocycles. The number of halogens is 2. The monoisotopic (exact) mass is 557 g/mol. The first kappa shape index (κ1) is 24.4. The predicted octanol–water partition coefficient (Wildman–Crippen LogP) is 7.32. The van der Waals surface area contributed by atoms with Crippen molar-refractivity contribution in [1.29, 1.82) is 0 Å². The van der Waals surface area contributed by atoms with Gasteiger partial charge in [0.15, 0.2) is 11.5 Å². The van der Waals surface area contributed by atoms with Gasteiger partial charge in [-0.1, -0.05) is 70.0 Å². The van der Waals surface area contributed by atoms with Crippen LogP contribution in [0.4, 0.5) is 4.79 Å². The fraction of sp³-hybridized carbons (Fsp3) is 0.154. The number of rotatable bonds is 8. The van der Waals surface area contributed by atoms with E-state index in [1.807, 2.05) is 61.5 Å². The average Bonchev–Trinajstić information content (AvgIpc) is 3.07. The number of hydrogen-bond acceptors (Lipinski definition) is 5. The third-order valence-corrected chi connectivity index (χ3v) is 6.64. The second kappa shape index (κ2) is 11.1. The molecule has 1 fully saturated rings. The average molecular weight is 559 g/mol. The van der Waals surface area contributed by atoms with E-state index in [1.54, 1.807) is 18.2 Å². The molecular weight excluding hydrogens is 538 g/mol. The summed E-state index contributed by atoms with van der Waals surface area (Å²) in [5, 5.41) is 0.0525. The van der Waals surface area contributed by atoms with Gasteiger partial charge in [0.1, 0.15) is 6.61 Å². The highest BCUT2D eigenvalue weighted by atomic mass is 79.9. The van der Waals surface area contributed by atoms with E-state index in [-0.39, 0.29) is 17.7 Å². The zero-order chi connectivity index (χ0) is 24.1. The minimum absolute atomic E-state index is 0.207. The van der Waals surface area contributed by atoms with Crippen LogP contribution in [0.25, 0.3) is 6.08 Å². The summed E-state index contributed by atoms with van der Waals surface area (Å²) < 4.78 is 12.6. The second-order valence-electron chi connectivity index (χ2n) is 7.44. The van der Waals surface area contributed by atoms with Gasteiger partial charge in [-0.15, -0.1) is 0 Å². The van der Waals surface area contributed by atoms with Crippen LogP contribution in [0.5, 0.6) is 11.5 Å². The van der Waals surface area contributed by atoms with E-state index in [1.165, 1.54) is 4.90 Å². The molecule has 8 heteroatoms. The third kappa shape index (κ3) is 5.84. The number of benzene rings is 3. The highest BCUT2D eigenvalue weighted by Crippen LogP contribution is 2.40. The molecule has 3 aromatic rings. The van der Waals surface area contributed by atoms with E-state index in [0.717, 1.165) is 27.4 Å². The van der Waals surface area contributed by atoms with Crippen molar-refractivity contribution in [2.45, 2.75) is 20.1 Å². The number of thioether (sulfide) groups is 1. The number of hydrogen-bond donors (Lipinski definition) is 0. The molecule has 0 radical (unpaired) electrons. The lowest BCUT2D eigenvalue weighted by Gasteiger charge is -2.15. The summed E-state index contributed by atoms with van der Waals surface area (Å²) in [6, 6.07) is 20.7. The van der Waals surface area contributed by atoms with Gasteiger partial charge in [-0.25, -0.2) is 0 Å². The highest BCUT2D eigenvalue weighted by molar-refractivity contribution is 9.10. The zero-order valence-corrected chi connectivity index (χ0v) is 21.5. The van der Waals surface area contributed by atoms with Crippen molar-refractivity contribution in [3.05, 3.63) is 97.8 Å². The molecule has 5 nitrogen and oxygen atoms in total. The van der Waals surface area contributed by atoms with Crippen LogP contribution in [-0.4, -0.2) is 22.7 Å². The number of ether oxygens (including phenoxy) is 2. The molecule has 0 unspecified atom stereocenters. The Balaban J connectivity index is 1.55. The molecule has 0 N–H and O–H groups in total. The fourth-order valence-electron chi connectivity index (χ4n) is 3.41. The van der Waals surface area contributed by atoms with Crippen LogP contribution in [-0.2, 0) is 17.9 Å². The minimum Gasteiger partial charge on any atom is -0.490 e. The van der Waals surface area contributed by atoms with Crippen molar-refractivity contribution in [1.82, 2.24) is 4.90 Å². The molecule has 34 heavy (non-hydrogen) atoms. The van der Waals surface area contributed by atoms with Crippen LogP contribution >= 0.6 is 39.3 Å². The van der Waals surface area contributed by atoms with E-state index < -0.39 is 0 Å². The van der Waals surface area contributed by atoms with E-state index in [4.69, 9.17) is 21.1 Å². The van der Waals surface area contributed by atoms with Crippen LogP contribution < -0.4 is 9.47 Å². The summed E-state index contributed by atoms with van der Waals surface area (Å²) in [6.07, 6.45) is 1.65. The molecule has 4 rings (SSSR count). The molecule has 0 spiro atoms. The standard InChI is InChI=1S/C26H21BrClNO4S/c1-2-32-22-13-19(12-21(28)24(22)33-16-17-7-4-3-5-8-17)14-23-25(30)29(26(31)34-23)15-18-9-6-10-20(27)11-18/h3-14H,2,15-16H2,1H3/b23-14-. The predicted molar refractivity (Wildman–Crippen MR) is 139 cm³/mol. The molecule has 0 aliphatic carbocycles. The van der Waals surface area contributed by atoms with Gasteiger partial charge in [-0.3, -0.25) is 14.5 Å². The number of imide groups is 1. The van der Waals surface area contributed by atoms with Crippen molar-refractivity contribution in [2.24, 2.45) is 0 Å². The molecule has 1 aliphatic rings. The first-order valence-corrected chi connectivity index (χ1v) is 12.6. The van der Waals surface area contributed by atoms with Crippen molar-refractivity contribution in [3.8, 4) is 11.5 Å². The largest absolute Gasteiger partial charge is 0.490 e. The Morgan fingerprint density at radius 3 is 2.50 bits per heavy atom. The molecule has 174 valence electrons. The molecule has 1 heterocycles. The van der Waals surface area contributed by atoms with Crippen molar-refractivity contribution in [2.75, 3.05) is 6.61 Å². The molecule has 0 atom stereocenters. The maximum absolute atomic E-state index is 12.9. The molecular formula is C26H21BrClNO4S. The fourth-order valence-corrected chi connectivity index (χ4v) is 4.97. The summed E-state index contributed by atoms with van der Waals surface area (Å²) >= 11 is 10.9. The van der Waals surface area contributed by atoms with Crippen LogP contribution in [0, 0.1) is 0 Å². The maximum Gasteiger partial charge on any atom is 0.293 e. The van der Waals surface area contributed by atoms with Crippen LogP contribution in [0.3, 0.4) is 0 Å². The zero-order valence-electron chi connectivity index (χ0n) is 18.3. The van der Waals surface area contributed by atoms with Crippen LogP contribution in [0.15, 0.2) is 76.1 Å². The Bertz CT molecular complexity index is 1250. The number of amides is 2. The molecule has 0 saturated carbocycles. The van der Waals surface area contributed by atoms with Gasteiger partial charge in [0.25, 0.3) is 11.1 Å². The Morgan fingerprint density at radius 1 is 1.00 bits per heavy atom. The normalized spacial score (nSPS) is 14.7. The van der Waals surface area contributed by atoms with Crippen LogP contribution in [0.1, 0.15) is 23.6 Å². The van der Waals surface area contributed by atoms with Crippen molar-refractivity contribution < 1.29 is 19.1 Å². The molecule has 1 aliphatic heterocycles. The van der Waals surface area contributed by atoms with E-state index >= 15 is 0 Å². The minimum atomic E-state index is -0.339. The topological polar surface area (TPSA) is 55.8 Å². The van der Waals surface area contributed by atoms with E-state index in [2.05, 4.69) is 15.9 Å². The lowest BCUT2D eigenvalue weighted by atomic mass is 10.1. The van der Waals surface area contributed by atoms with Gasteiger partial charge in [0.2, 0.25) is 0 Å². The van der Waals surface area contributed by atoms with Gasteiger partial charge >= 0.3 is 0 Å². The van der Waals surface area contributed by atoms with Gasteiger partial charge in [0.05, 0.1) is 23.1 Å². The Hall–Kier alpha value is -2.74. The van der Waals surface area contributed by atoms with E-state index in [9.17, 15) is 9.59 Å². The summed E-state index contributed by atoms with van der Waals surface area (Å²) in [4.78, 5) is 27.0. The first-order valence-electron chi connectivity index (χ1n) is 10.6. The second-order valence-corrected chi connectivity index (χ2v) is 9.75. The number of carbonyl (C=O) groups excluding carboxylic acids is 2. The highest BCUT2D eigenvalue weighted by Gasteiger charge is 2.35. The lowest BCUT2D eigenvalue weighted by molar-refractivity contribution is -0.123. The lowest BCUT2D eigenvalue weighted by Crippen LogP contribution is -2.27. The smallest absolute Gasteiger partial charge is 0.293 e. The van der Waals surface area contributed by atoms with Gasteiger partial charge < -0.3 is 9.47 Å². The summed E-state index contributed by atoms with van der Waals surface area (Å²) in [6.45, 7) is 2.84. The first-order chi connectivity index (χ1) is 16.4. The molecule has 0 aromatic heterocycles. The summed E-state index contributed by atoms with van der Waals surface area (Å²) in [7, 11) is 0. The third-order valence-electron chi connectivity index (χ3n) is 4.96. The van der Waals surface area contributed by atoms with Crippen molar-refractivity contribution in [3.63, 3.8) is 0 Å². The molecule has 0 bridgehead atoms. The Kier molecular flexibility index (Phi) is 7.98. The van der Waals surface area contributed by atoms with Crippen LogP contribution in [0.2, 0.25) is 5.02 Å². The number of nitrogens with zero attached hydrogens (tertiary/aromatic N) is 1. The summed E-state index contributed by atoms with van der Waals surface area (Å²) in [5.74, 6) is 0.575. The van der Waals surface area contributed by atoms with Gasteiger partial charge in [-0.05, 0) is 65.7 Å². The van der Waals surface area contributed by atoms with Gasteiger partial charge in [0, 0.05) is 4.47 Å². The quantitative estimate of drug-likeness (QED) is 0.271. The van der Waals surface area contributed by atoms with Gasteiger partial charge in [-0.2, -0.15) is 0 Å².